The van der Waals surface area contributed by atoms with Gasteiger partial charge in [0.25, 0.3) is 0 Å². The van der Waals surface area contributed by atoms with Gasteiger partial charge in [0.05, 0.1) is 6.61 Å². The SMILES string of the molecule is O=c1ccc2nc3cc(O[C@@H]4O[C@H](CO)[C@H](O)[C@H](O)[C@H]4O)ccc3oc-2c1. The molecule has 0 saturated carbocycles. The van der Waals surface area contributed by atoms with Gasteiger partial charge in [-0.05, 0) is 24.3 Å². The van der Waals surface area contributed by atoms with Gasteiger partial charge in [0.1, 0.15) is 41.4 Å². The van der Waals surface area contributed by atoms with Gasteiger partial charge in [-0.3, -0.25) is 4.79 Å². The second kappa shape index (κ2) is 6.87. The maximum Gasteiger partial charge on any atom is 0.229 e. The smallest absolute Gasteiger partial charge is 0.229 e. The van der Waals surface area contributed by atoms with Gasteiger partial charge in [-0.1, -0.05) is 0 Å². The molecule has 2 aliphatic heterocycles. The molecule has 4 N–H and O–H groups in total. The molecule has 1 aliphatic carbocycles. The Bertz CT molecular complexity index is 987. The van der Waals surface area contributed by atoms with Gasteiger partial charge in [-0.15, -0.1) is 0 Å². The number of rotatable bonds is 3. The van der Waals surface area contributed by atoms with Gasteiger partial charge < -0.3 is 34.3 Å². The van der Waals surface area contributed by atoms with Crippen molar-refractivity contribution in [2.24, 2.45) is 0 Å². The Morgan fingerprint density at radius 1 is 1.04 bits per heavy atom. The minimum Gasteiger partial charge on any atom is -0.462 e. The quantitative estimate of drug-likeness (QED) is 0.444. The molecule has 1 fully saturated rings. The van der Waals surface area contributed by atoms with Crippen LogP contribution < -0.4 is 10.2 Å². The fourth-order valence-electron chi connectivity index (χ4n) is 2.96. The highest BCUT2D eigenvalue weighted by molar-refractivity contribution is 5.77. The van der Waals surface area contributed by atoms with E-state index in [9.17, 15) is 25.2 Å². The van der Waals surface area contributed by atoms with Gasteiger partial charge in [0.2, 0.25) is 6.29 Å². The molecule has 2 heterocycles. The van der Waals surface area contributed by atoms with E-state index in [2.05, 4.69) is 4.98 Å². The fourth-order valence-corrected chi connectivity index (χ4v) is 2.96. The van der Waals surface area contributed by atoms with Crippen LogP contribution in [0, 0.1) is 0 Å². The first kappa shape index (κ1) is 17.8. The first-order valence-corrected chi connectivity index (χ1v) is 8.28. The van der Waals surface area contributed by atoms with E-state index in [1.54, 1.807) is 24.3 Å². The van der Waals surface area contributed by atoms with Crippen molar-refractivity contribution in [2.75, 3.05) is 6.61 Å². The molecule has 1 aromatic carbocycles. The standard InChI is InChI=1S/C18H17NO8/c20-7-14-15(22)16(23)17(24)18(27-14)25-9-2-4-12-11(6-9)19-10-3-1-8(21)5-13(10)26-12/h1-6,14-18,20,22-24H,7H2/t14-,15+,16+,17-,18-/m1/s1. The van der Waals surface area contributed by atoms with Crippen molar-refractivity contribution in [1.82, 2.24) is 4.98 Å². The molecular weight excluding hydrogens is 358 g/mol. The maximum atomic E-state index is 11.4. The van der Waals surface area contributed by atoms with Crippen LogP contribution in [0.1, 0.15) is 0 Å². The number of hydrogen-bond acceptors (Lipinski definition) is 9. The molecule has 3 aliphatic rings. The second-order valence-electron chi connectivity index (χ2n) is 6.29. The molecular formula is C18H17NO8. The number of ether oxygens (including phenoxy) is 2. The molecule has 9 heteroatoms. The van der Waals surface area contributed by atoms with Crippen molar-refractivity contribution >= 4 is 11.1 Å². The summed E-state index contributed by atoms with van der Waals surface area (Å²) in [6, 6.07) is 8.95. The summed E-state index contributed by atoms with van der Waals surface area (Å²) in [5, 5.41) is 38.9. The fraction of sp³-hybridized carbons (Fsp3) is 0.333. The first-order chi connectivity index (χ1) is 13.0. The minimum absolute atomic E-state index is 0.185. The number of aliphatic hydroxyl groups is 4. The third kappa shape index (κ3) is 3.27. The largest absolute Gasteiger partial charge is 0.462 e. The average molecular weight is 375 g/mol. The van der Waals surface area contributed by atoms with Crippen LogP contribution in [0.2, 0.25) is 0 Å². The third-order valence-corrected chi connectivity index (χ3v) is 4.42. The molecule has 0 aromatic heterocycles. The predicted molar refractivity (Wildman–Crippen MR) is 91.3 cm³/mol. The topological polar surface area (TPSA) is 142 Å². The average Bonchev–Trinajstić information content (AvgIpc) is 2.67. The molecule has 0 spiro atoms. The molecule has 27 heavy (non-hydrogen) atoms. The summed E-state index contributed by atoms with van der Waals surface area (Å²) >= 11 is 0. The highest BCUT2D eigenvalue weighted by atomic mass is 16.7. The monoisotopic (exact) mass is 375 g/mol. The van der Waals surface area contributed by atoms with Gasteiger partial charge in [-0.25, -0.2) is 4.98 Å². The second-order valence-corrected chi connectivity index (χ2v) is 6.29. The summed E-state index contributed by atoms with van der Waals surface area (Å²) in [4.78, 5) is 15.8. The molecule has 0 bridgehead atoms. The Morgan fingerprint density at radius 2 is 1.85 bits per heavy atom. The summed E-state index contributed by atoms with van der Waals surface area (Å²) in [5.74, 6) is 0.631. The zero-order valence-electron chi connectivity index (χ0n) is 13.9. The molecule has 9 nitrogen and oxygen atoms in total. The Kier molecular flexibility index (Phi) is 4.54. The number of nitrogens with zero attached hydrogens (tertiary/aromatic N) is 1. The van der Waals surface area contributed by atoms with Crippen LogP contribution in [0.4, 0.5) is 0 Å². The zero-order chi connectivity index (χ0) is 19.1. The third-order valence-electron chi connectivity index (χ3n) is 4.42. The van der Waals surface area contributed by atoms with Crippen molar-refractivity contribution in [1.29, 1.82) is 0 Å². The maximum absolute atomic E-state index is 11.4. The van der Waals surface area contributed by atoms with Crippen LogP contribution in [0.5, 0.6) is 5.75 Å². The van der Waals surface area contributed by atoms with E-state index in [4.69, 9.17) is 13.9 Å². The van der Waals surface area contributed by atoms with Gasteiger partial charge in [-0.2, -0.15) is 0 Å². The van der Waals surface area contributed by atoms with E-state index in [-0.39, 0.29) is 11.2 Å². The summed E-state index contributed by atoms with van der Waals surface area (Å²) in [7, 11) is 0. The lowest BCUT2D eigenvalue weighted by atomic mass is 9.99. The molecule has 142 valence electrons. The van der Waals surface area contributed by atoms with E-state index in [0.29, 0.717) is 22.6 Å². The predicted octanol–water partition coefficient (Wildman–Crippen LogP) is -0.529. The minimum atomic E-state index is -1.53. The summed E-state index contributed by atoms with van der Waals surface area (Å²) in [5.41, 5.74) is 1.18. The van der Waals surface area contributed by atoms with E-state index in [1.807, 2.05) is 0 Å². The van der Waals surface area contributed by atoms with Crippen LogP contribution in [0.15, 0.2) is 45.6 Å². The summed E-state index contributed by atoms with van der Waals surface area (Å²) in [6.45, 7) is -0.545. The summed E-state index contributed by atoms with van der Waals surface area (Å²) < 4.78 is 16.5. The van der Waals surface area contributed by atoms with Crippen LogP contribution in [0.25, 0.3) is 22.6 Å². The van der Waals surface area contributed by atoms with Crippen LogP contribution in [0.3, 0.4) is 0 Å². The lowest BCUT2D eigenvalue weighted by Crippen LogP contribution is -2.60. The lowest BCUT2D eigenvalue weighted by molar-refractivity contribution is -0.277. The van der Waals surface area contributed by atoms with Gasteiger partial charge >= 0.3 is 0 Å². The molecule has 0 radical (unpaired) electrons. The number of hydrogen-bond donors (Lipinski definition) is 4. The Morgan fingerprint density at radius 3 is 2.63 bits per heavy atom. The zero-order valence-corrected chi connectivity index (χ0v) is 13.9. The summed E-state index contributed by atoms with van der Waals surface area (Å²) in [6.07, 6.45) is -6.85. The number of benzene rings is 2. The molecule has 4 rings (SSSR count). The number of aromatic nitrogens is 1. The van der Waals surface area contributed by atoms with Crippen LogP contribution in [-0.4, -0.2) is 62.7 Å². The van der Waals surface area contributed by atoms with Gasteiger partial charge in [0, 0.05) is 12.1 Å². The Balaban J connectivity index is 1.64. The Labute approximate surface area is 152 Å². The first-order valence-electron chi connectivity index (χ1n) is 8.28. The highest BCUT2D eigenvalue weighted by Gasteiger charge is 2.44. The van der Waals surface area contributed by atoms with Crippen molar-refractivity contribution in [3.63, 3.8) is 0 Å². The van der Waals surface area contributed by atoms with Crippen LogP contribution in [-0.2, 0) is 4.74 Å². The molecule has 1 saturated heterocycles. The van der Waals surface area contributed by atoms with Crippen molar-refractivity contribution in [2.45, 2.75) is 30.7 Å². The van der Waals surface area contributed by atoms with Gasteiger partial charge in [0.15, 0.2) is 16.8 Å². The molecule has 1 aromatic rings. The van der Waals surface area contributed by atoms with Crippen molar-refractivity contribution in [3.8, 4) is 17.2 Å². The van der Waals surface area contributed by atoms with Crippen molar-refractivity contribution in [3.05, 3.63) is 46.6 Å². The van der Waals surface area contributed by atoms with Crippen LogP contribution >= 0.6 is 0 Å². The Hall–Kier alpha value is -2.56. The van der Waals surface area contributed by atoms with E-state index >= 15 is 0 Å². The van der Waals surface area contributed by atoms with E-state index in [1.165, 1.54) is 12.1 Å². The molecule has 5 atom stereocenters. The number of aliphatic hydroxyl groups excluding tert-OH is 4. The normalized spacial score (nSPS) is 28.5. The molecule has 0 amide bonds. The molecule has 0 unspecified atom stereocenters. The number of fused-ring (bicyclic) bond motifs is 2. The lowest BCUT2D eigenvalue weighted by Gasteiger charge is -2.39. The highest BCUT2D eigenvalue weighted by Crippen LogP contribution is 2.29. The van der Waals surface area contributed by atoms with E-state index in [0.717, 1.165) is 0 Å². The van der Waals surface area contributed by atoms with Crippen molar-refractivity contribution < 1.29 is 34.3 Å². The van der Waals surface area contributed by atoms with E-state index < -0.39 is 37.3 Å².